The summed E-state index contributed by atoms with van der Waals surface area (Å²) < 4.78 is 0. The van der Waals surface area contributed by atoms with Crippen LogP contribution in [0.25, 0.3) is 0 Å². The molecule has 1 aliphatic heterocycles. The smallest absolute Gasteiger partial charge is 0.332 e. The second-order valence-corrected chi connectivity index (χ2v) is 5.60. The fraction of sp³-hybridized carbons (Fsp3) is 0.429. The fourth-order valence-corrected chi connectivity index (χ4v) is 1.96. The minimum atomic E-state index is -0.350. The first-order valence-electron chi connectivity index (χ1n) is 6.35. The number of hydrogen-bond acceptors (Lipinski definition) is 2. The summed E-state index contributed by atoms with van der Waals surface area (Å²) in [4.78, 5) is 27.1. The van der Waals surface area contributed by atoms with Gasteiger partial charge in [0.05, 0.1) is 6.54 Å². The van der Waals surface area contributed by atoms with Gasteiger partial charge in [-0.25, -0.2) is 14.5 Å². The number of amides is 4. The van der Waals surface area contributed by atoms with Crippen molar-refractivity contribution in [1.29, 1.82) is 0 Å². The van der Waals surface area contributed by atoms with Crippen LogP contribution in [0.3, 0.4) is 0 Å². The molecule has 4 amide bonds. The van der Waals surface area contributed by atoms with Crippen LogP contribution in [0.4, 0.5) is 15.3 Å². The van der Waals surface area contributed by atoms with Gasteiger partial charge in [-0.15, -0.1) is 0 Å². The molecular weight excluding hydrogens is 242 g/mol. The highest BCUT2D eigenvalue weighted by atomic mass is 16.2. The van der Waals surface area contributed by atoms with E-state index in [4.69, 9.17) is 0 Å². The van der Waals surface area contributed by atoms with Gasteiger partial charge in [-0.05, 0) is 32.9 Å². The lowest BCUT2D eigenvalue weighted by molar-refractivity contribution is 0.194. The number of benzene rings is 1. The lowest BCUT2D eigenvalue weighted by atomic mass is 10.1. The molecule has 1 aromatic rings. The van der Waals surface area contributed by atoms with Crippen molar-refractivity contribution in [3.8, 4) is 0 Å². The van der Waals surface area contributed by atoms with E-state index in [-0.39, 0.29) is 17.6 Å². The van der Waals surface area contributed by atoms with Crippen molar-refractivity contribution >= 4 is 17.7 Å². The van der Waals surface area contributed by atoms with Gasteiger partial charge in [0.2, 0.25) is 0 Å². The number of rotatable bonds is 1. The first-order valence-corrected chi connectivity index (χ1v) is 6.35. The molecule has 0 aromatic heterocycles. The van der Waals surface area contributed by atoms with Gasteiger partial charge in [-0.1, -0.05) is 18.2 Å². The predicted molar refractivity (Wildman–Crippen MR) is 74.2 cm³/mol. The standard InChI is InChI=1S/C14H19N3O2/c1-14(2,3)15-12(18)17-10-9-16(13(17)19)11-7-5-4-6-8-11/h4-8H,9-10H2,1-3H3,(H,15,18). The number of urea groups is 2. The zero-order chi connectivity index (χ0) is 14.0. The van der Waals surface area contributed by atoms with Crippen LogP contribution in [0.1, 0.15) is 20.8 Å². The van der Waals surface area contributed by atoms with Crippen molar-refractivity contribution in [3.05, 3.63) is 30.3 Å². The molecule has 0 spiro atoms. The average molecular weight is 261 g/mol. The lowest BCUT2D eigenvalue weighted by Crippen LogP contribution is -2.49. The summed E-state index contributed by atoms with van der Waals surface area (Å²) in [5.74, 6) is 0. The Morgan fingerprint density at radius 1 is 1.16 bits per heavy atom. The van der Waals surface area contributed by atoms with Gasteiger partial charge in [-0.2, -0.15) is 0 Å². The monoisotopic (exact) mass is 261 g/mol. The van der Waals surface area contributed by atoms with E-state index in [2.05, 4.69) is 5.32 Å². The molecular formula is C14H19N3O2. The zero-order valence-corrected chi connectivity index (χ0v) is 11.5. The van der Waals surface area contributed by atoms with Gasteiger partial charge in [-0.3, -0.25) is 4.90 Å². The van der Waals surface area contributed by atoms with Gasteiger partial charge in [0.15, 0.2) is 0 Å². The summed E-state index contributed by atoms with van der Waals surface area (Å²) in [7, 11) is 0. The number of nitrogens with zero attached hydrogens (tertiary/aromatic N) is 2. The van der Waals surface area contributed by atoms with Crippen LogP contribution in [0.5, 0.6) is 0 Å². The van der Waals surface area contributed by atoms with Crippen molar-refractivity contribution in [2.24, 2.45) is 0 Å². The molecule has 0 radical (unpaired) electrons. The zero-order valence-electron chi connectivity index (χ0n) is 11.5. The van der Waals surface area contributed by atoms with Crippen LogP contribution in [-0.2, 0) is 0 Å². The van der Waals surface area contributed by atoms with Crippen LogP contribution in [0.2, 0.25) is 0 Å². The molecule has 1 heterocycles. The number of para-hydroxylation sites is 1. The first kappa shape index (κ1) is 13.4. The summed E-state index contributed by atoms with van der Waals surface area (Å²) in [6, 6.07) is 8.77. The summed E-state index contributed by atoms with van der Waals surface area (Å²) >= 11 is 0. The van der Waals surface area contributed by atoms with Crippen molar-refractivity contribution in [2.75, 3.05) is 18.0 Å². The Morgan fingerprint density at radius 2 is 1.79 bits per heavy atom. The van der Waals surface area contributed by atoms with E-state index in [1.54, 1.807) is 4.90 Å². The summed E-state index contributed by atoms with van der Waals surface area (Å²) in [6.45, 7) is 6.61. The molecule has 1 aromatic carbocycles. The number of carbonyl (C=O) groups excluding carboxylic acids is 2. The molecule has 5 heteroatoms. The number of carbonyl (C=O) groups is 2. The average Bonchev–Trinajstić information content (AvgIpc) is 2.70. The van der Waals surface area contributed by atoms with Gasteiger partial charge in [0, 0.05) is 17.8 Å². The third-order valence-corrected chi connectivity index (χ3v) is 2.80. The normalized spacial score (nSPS) is 15.8. The molecule has 0 atom stereocenters. The second kappa shape index (κ2) is 4.91. The number of hydrogen-bond donors (Lipinski definition) is 1. The van der Waals surface area contributed by atoms with Crippen LogP contribution >= 0.6 is 0 Å². The molecule has 19 heavy (non-hydrogen) atoms. The maximum atomic E-state index is 12.2. The quantitative estimate of drug-likeness (QED) is 0.844. The number of imide groups is 1. The molecule has 0 unspecified atom stereocenters. The Labute approximate surface area is 113 Å². The van der Waals surface area contributed by atoms with Crippen molar-refractivity contribution in [3.63, 3.8) is 0 Å². The fourth-order valence-electron chi connectivity index (χ4n) is 1.96. The molecule has 1 saturated heterocycles. The van der Waals surface area contributed by atoms with E-state index in [0.29, 0.717) is 13.1 Å². The van der Waals surface area contributed by atoms with Crippen molar-refractivity contribution in [1.82, 2.24) is 10.2 Å². The van der Waals surface area contributed by atoms with Gasteiger partial charge in [0.25, 0.3) is 0 Å². The predicted octanol–water partition coefficient (Wildman–Crippen LogP) is 2.44. The Balaban J connectivity index is 2.08. The highest BCUT2D eigenvalue weighted by molar-refractivity contribution is 6.04. The Hall–Kier alpha value is -2.04. The van der Waals surface area contributed by atoms with Gasteiger partial charge in [0.1, 0.15) is 0 Å². The summed E-state index contributed by atoms with van der Waals surface area (Å²) in [5, 5.41) is 2.80. The lowest BCUT2D eigenvalue weighted by Gasteiger charge is -2.24. The molecule has 0 saturated carbocycles. The minimum absolute atomic E-state index is 0.270. The largest absolute Gasteiger partial charge is 0.333 e. The van der Waals surface area contributed by atoms with Crippen molar-refractivity contribution in [2.45, 2.75) is 26.3 Å². The maximum Gasteiger partial charge on any atom is 0.332 e. The summed E-state index contributed by atoms with van der Waals surface area (Å²) in [6.07, 6.45) is 0. The third kappa shape index (κ3) is 3.05. The van der Waals surface area contributed by atoms with E-state index >= 15 is 0 Å². The van der Waals surface area contributed by atoms with Crippen LogP contribution < -0.4 is 10.2 Å². The highest BCUT2D eigenvalue weighted by Crippen LogP contribution is 2.20. The van der Waals surface area contributed by atoms with Crippen molar-refractivity contribution < 1.29 is 9.59 Å². The molecule has 1 fully saturated rings. The highest BCUT2D eigenvalue weighted by Gasteiger charge is 2.35. The third-order valence-electron chi connectivity index (χ3n) is 2.80. The Morgan fingerprint density at radius 3 is 2.37 bits per heavy atom. The van der Waals surface area contributed by atoms with E-state index in [1.807, 2.05) is 51.1 Å². The molecule has 0 bridgehead atoms. The summed E-state index contributed by atoms with van der Waals surface area (Å²) in [5.41, 5.74) is 0.468. The number of nitrogens with one attached hydrogen (secondary N) is 1. The molecule has 1 aliphatic rings. The second-order valence-electron chi connectivity index (χ2n) is 5.60. The number of anilines is 1. The minimum Gasteiger partial charge on any atom is -0.333 e. The Kier molecular flexibility index (Phi) is 3.46. The maximum absolute atomic E-state index is 12.2. The Bertz CT molecular complexity index is 479. The van der Waals surface area contributed by atoms with E-state index in [0.717, 1.165) is 5.69 Å². The molecule has 0 aliphatic carbocycles. The van der Waals surface area contributed by atoms with Crippen LogP contribution in [-0.4, -0.2) is 35.6 Å². The first-order chi connectivity index (χ1) is 8.88. The van der Waals surface area contributed by atoms with Gasteiger partial charge < -0.3 is 5.32 Å². The molecule has 102 valence electrons. The SMILES string of the molecule is CC(C)(C)NC(=O)N1CCN(c2ccccc2)C1=O. The van der Waals surface area contributed by atoms with Gasteiger partial charge >= 0.3 is 12.1 Å². The molecule has 5 nitrogen and oxygen atoms in total. The molecule has 2 rings (SSSR count). The van der Waals surface area contributed by atoms with E-state index in [9.17, 15) is 9.59 Å². The van der Waals surface area contributed by atoms with E-state index < -0.39 is 0 Å². The van der Waals surface area contributed by atoms with Crippen LogP contribution in [0, 0.1) is 0 Å². The van der Waals surface area contributed by atoms with E-state index in [1.165, 1.54) is 4.90 Å². The molecule has 1 N–H and O–H groups in total. The van der Waals surface area contributed by atoms with Crippen LogP contribution in [0.15, 0.2) is 30.3 Å². The topological polar surface area (TPSA) is 52.7 Å².